The minimum Gasteiger partial charge on any atom is -0.457 e. The van der Waals surface area contributed by atoms with Gasteiger partial charge in [-0.2, -0.15) is 0 Å². The molecule has 0 N–H and O–H groups in total. The Hall–Kier alpha value is -2.35. The largest absolute Gasteiger partial charge is 0.457 e. The topological polar surface area (TPSA) is 26.3 Å². The Morgan fingerprint density at radius 2 is 1.70 bits per heavy atom. The number of aryl methyl sites for hydroxylation is 1. The molecule has 0 bridgehead atoms. The first-order valence-corrected chi connectivity index (χ1v) is 6.53. The molecule has 0 atom stereocenters. The molecule has 102 valence electrons. The maximum absolute atomic E-state index is 11.9. The van der Waals surface area contributed by atoms with Gasteiger partial charge in [-0.05, 0) is 44.5 Å². The smallest absolute Gasteiger partial charge is 0.164 e. The van der Waals surface area contributed by atoms with E-state index < -0.39 is 0 Å². The van der Waals surface area contributed by atoms with Gasteiger partial charge < -0.3 is 4.74 Å². The molecule has 0 fully saturated rings. The second-order valence-corrected chi connectivity index (χ2v) is 4.93. The first-order chi connectivity index (χ1) is 9.49. The van der Waals surface area contributed by atoms with Crippen LogP contribution >= 0.6 is 0 Å². The van der Waals surface area contributed by atoms with Crippen molar-refractivity contribution in [3.05, 3.63) is 65.7 Å². The van der Waals surface area contributed by atoms with Crippen molar-refractivity contribution in [1.82, 2.24) is 0 Å². The number of Topliss-reactive ketones (excluding diaryl/α,β-unsaturated/α-hetero) is 1. The van der Waals surface area contributed by atoms with E-state index in [1.54, 1.807) is 6.92 Å². The third-order valence-electron chi connectivity index (χ3n) is 3.09. The van der Waals surface area contributed by atoms with Crippen LogP contribution in [0.25, 0.3) is 5.57 Å². The predicted octanol–water partition coefficient (Wildman–Crippen LogP) is 5.02. The first-order valence-electron chi connectivity index (χ1n) is 6.53. The van der Waals surface area contributed by atoms with E-state index in [0.29, 0.717) is 11.3 Å². The third-order valence-corrected chi connectivity index (χ3v) is 3.09. The van der Waals surface area contributed by atoms with Crippen molar-refractivity contribution >= 4 is 11.4 Å². The Bertz CT molecular complexity index is 652. The van der Waals surface area contributed by atoms with Gasteiger partial charge in [-0.3, -0.25) is 4.79 Å². The van der Waals surface area contributed by atoms with Crippen LogP contribution in [0, 0.1) is 6.92 Å². The summed E-state index contributed by atoms with van der Waals surface area (Å²) in [5.41, 5.74) is 3.44. The van der Waals surface area contributed by atoms with E-state index >= 15 is 0 Å². The number of ether oxygens (including phenoxy) is 1. The third kappa shape index (κ3) is 2.97. The molecule has 0 amide bonds. The fourth-order valence-electron chi connectivity index (χ4n) is 2.07. The van der Waals surface area contributed by atoms with Crippen molar-refractivity contribution in [1.29, 1.82) is 0 Å². The van der Waals surface area contributed by atoms with E-state index in [0.717, 1.165) is 16.9 Å². The molecule has 0 aliphatic carbocycles. The molecule has 2 aromatic carbocycles. The summed E-state index contributed by atoms with van der Waals surface area (Å²) < 4.78 is 5.85. The van der Waals surface area contributed by atoms with Crippen LogP contribution in [0.4, 0.5) is 0 Å². The van der Waals surface area contributed by atoms with Gasteiger partial charge in [0.1, 0.15) is 11.5 Å². The molecular formula is C18H18O2. The van der Waals surface area contributed by atoms with E-state index in [1.165, 1.54) is 5.56 Å². The molecular weight excluding hydrogens is 248 g/mol. The number of carbonyl (C=O) groups is 1. The highest BCUT2D eigenvalue weighted by molar-refractivity contribution is 6.01. The van der Waals surface area contributed by atoms with E-state index in [9.17, 15) is 4.79 Å². The highest BCUT2D eigenvalue weighted by atomic mass is 16.5. The van der Waals surface area contributed by atoms with Crippen LogP contribution in [0.15, 0.2) is 49.0 Å². The quantitative estimate of drug-likeness (QED) is 0.726. The van der Waals surface area contributed by atoms with Crippen LogP contribution < -0.4 is 4.74 Å². The molecule has 0 aromatic heterocycles. The summed E-state index contributed by atoms with van der Waals surface area (Å²) in [6, 6.07) is 13.3. The molecule has 0 heterocycles. The Kier molecular flexibility index (Phi) is 4.04. The summed E-state index contributed by atoms with van der Waals surface area (Å²) in [6.07, 6.45) is 0. The normalized spacial score (nSPS) is 10.2. The van der Waals surface area contributed by atoms with E-state index in [2.05, 4.69) is 6.58 Å². The number of allylic oxidation sites excluding steroid dienone is 1. The van der Waals surface area contributed by atoms with Gasteiger partial charge in [0.25, 0.3) is 0 Å². The number of hydrogen-bond acceptors (Lipinski definition) is 2. The minimum absolute atomic E-state index is 0.0225. The van der Waals surface area contributed by atoms with Gasteiger partial charge in [0, 0.05) is 0 Å². The number of hydrogen-bond donors (Lipinski definition) is 0. The second kappa shape index (κ2) is 5.74. The van der Waals surface area contributed by atoms with Crippen molar-refractivity contribution < 1.29 is 9.53 Å². The van der Waals surface area contributed by atoms with Crippen LogP contribution in [-0.4, -0.2) is 5.78 Å². The molecule has 0 aliphatic rings. The SMILES string of the molecule is C=C(C)c1cccc(Oc2ccc(C)cc2)c1C(C)=O. The van der Waals surface area contributed by atoms with Crippen molar-refractivity contribution in [2.45, 2.75) is 20.8 Å². The van der Waals surface area contributed by atoms with Crippen LogP contribution in [0.5, 0.6) is 11.5 Å². The Morgan fingerprint density at radius 3 is 2.25 bits per heavy atom. The fraction of sp³-hybridized carbons (Fsp3) is 0.167. The zero-order valence-corrected chi connectivity index (χ0v) is 12.1. The van der Waals surface area contributed by atoms with Crippen LogP contribution in [0.3, 0.4) is 0 Å². The predicted molar refractivity (Wildman–Crippen MR) is 82.4 cm³/mol. The highest BCUT2D eigenvalue weighted by Gasteiger charge is 2.15. The summed E-state index contributed by atoms with van der Waals surface area (Å²) >= 11 is 0. The summed E-state index contributed by atoms with van der Waals surface area (Å²) in [6.45, 7) is 9.37. The molecule has 0 saturated heterocycles. The maximum Gasteiger partial charge on any atom is 0.164 e. The van der Waals surface area contributed by atoms with Crippen LogP contribution in [0.2, 0.25) is 0 Å². The van der Waals surface area contributed by atoms with Crippen molar-refractivity contribution in [2.24, 2.45) is 0 Å². The Balaban J connectivity index is 2.46. The number of ketones is 1. The van der Waals surface area contributed by atoms with Crippen LogP contribution in [0.1, 0.15) is 35.3 Å². The highest BCUT2D eigenvalue weighted by Crippen LogP contribution is 2.31. The molecule has 0 unspecified atom stereocenters. The number of carbonyl (C=O) groups excluding carboxylic acids is 1. The van der Waals surface area contributed by atoms with Gasteiger partial charge >= 0.3 is 0 Å². The average molecular weight is 266 g/mol. The van der Waals surface area contributed by atoms with E-state index in [1.807, 2.05) is 56.3 Å². The molecule has 0 spiro atoms. The molecule has 0 saturated carbocycles. The Labute approximate surface area is 119 Å². The van der Waals surface area contributed by atoms with Crippen molar-refractivity contribution in [3.8, 4) is 11.5 Å². The zero-order chi connectivity index (χ0) is 14.7. The van der Waals surface area contributed by atoms with Gasteiger partial charge in [0.15, 0.2) is 5.78 Å². The van der Waals surface area contributed by atoms with Gasteiger partial charge in [0.2, 0.25) is 0 Å². The minimum atomic E-state index is -0.0225. The van der Waals surface area contributed by atoms with Gasteiger partial charge in [-0.25, -0.2) is 0 Å². The lowest BCUT2D eigenvalue weighted by molar-refractivity contribution is 0.101. The molecule has 2 nitrogen and oxygen atoms in total. The van der Waals surface area contributed by atoms with Crippen molar-refractivity contribution in [2.75, 3.05) is 0 Å². The number of rotatable bonds is 4. The lowest BCUT2D eigenvalue weighted by atomic mass is 9.98. The molecule has 2 heteroatoms. The summed E-state index contributed by atoms with van der Waals surface area (Å²) in [5.74, 6) is 1.27. The summed E-state index contributed by atoms with van der Waals surface area (Å²) in [4.78, 5) is 11.9. The maximum atomic E-state index is 11.9. The standard InChI is InChI=1S/C18H18O2/c1-12(2)16-6-5-7-17(18(16)14(4)19)20-15-10-8-13(3)9-11-15/h5-11H,1H2,2-4H3. The molecule has 0 radical (unpaired) electrons. The monoisotopic (exact) mass is 266 g/mol. The molecule has 2 aromatic rings. The van der Waals surface area contributed by atoms with Gasteiger partial charge in [0.05, 0.1) is 5.56 Å². The zero-order valence-electron chi connectivity index (χ0n) is 12.1. The van der Waals surface area contributed by atoms with E-state index in [4.69, 9.17) is 4.74 Å². The van der Waals surface area contributed by atoms with Crippen LogP contribution in [-0.2, 0) is 0 Å². The lowest BCUT2D eigenvalue weighted by Crippen LogP contribution is -2.01. The number of benzene rings is 2. The lowest BCUT2D eigenvalue weighted by Gasteiger charge is -2.13. The van der Waals surface area contributed by atoms with E-state index in [-0.39, 0.29) is 5.78 Å². The summed E-state index contributed by atoms with van der Waals surface area (Å²) in [7, 11) is 0. The molecule has 0 aliphatic heterocycles. The molecule has 2 rings (SSSR count). The second-order valence-electron chi connectivity index (χ2n) is 4.93. The molecule has 20 heavy (non-hydrogen) atoms. The van der Waals surface area contributed by atoms with Gasteiger partial charge in [-0.1, -0.05) is 42.0 Å². The first kappa shape index (κ1) is 14.1. The fourth-order valence-corrected chi connectivity index (χ4v) is 2.07. The Morgan fingerprint density at radius 1 is 1.05 bits per heavy atom. The van der Waals surface area contributed by atoms with Gasteiger partial charge in [-0.15, -0.1) is 0 Å². The summed E-state index contributed by atoms with van der Waals surface area (Å²) in [5, 5.41) is 0. The average Bonchev–Trinajstić information content (AvgIpc) is 2.40. The van der Waals surface area contributed by atoms with Crippen molar-refractivity contribution in [3.63, 3.8) is 0 Å².